The lowest BCUT2D eigenvalue weighted by atomic mass is 10.2. The van der Waals surface area contributed by atoms with Gasteiger partial charge in [0.25, 0.3) is 5.69 Å². The fourth-order valence-corrected chi connectivity index (χ4v) is 3.71. The van der Waals surface area contributed by atoms with Gasteiger partial charge in [-0.15, -0.1) is 0 Å². The van der Waals surface area contributed by atoms with Gasteiger partial charge in [0.15, 0.2) is 0 Å². The van der Waals surface area contributed by atoms with Gasteiger partial charge in [0.2, 0.25) is 0 Å². The third kappa shape index (κ3) is 5.80. The number of nitrogens with one attached hydrogen (secondary N) is 1. The average Bonchev–Trinajstić information content (AvgIpc) is 2.66. The van der Waals surface area contributed by atoms with Crippen molar-refractivity contribution in [2.75, 3.05) is 7.11 Å². The Bertz CT molecular complexity index is 827. The van der Waals surface area contributed by atoms with Gasteiger partial charge in [0.1, 0.15) is 17.5 Å². The molecular formula is C17H19N2O7P. The average molecular weight is 394 g/mol. The van der Waals surface area contributed by atoms with Crippen LogP contribution in [0.5, 0.6) is 11.5 Å². The molecule has 0 aliphatic carbocycles. The molecule has 9 nitrogen and oxygen atoms in total. The third-order valence-corrected chi connectivity index (χ3v) is 4.98. The first-order chi connectivity index (χ1) is 12.9. The topological polar surface area (TPSA) is 117 Å². The molecule has 2 unspecified atom stereocenters. The Hall–Kier alpha value is -2.90. The molecule has 0 aromatic heterocycles. The largest absolute Gasteiger partial charge is 0.513 e. The second kappa shape index (κ2) is 9.16. The van der Waals surface area contributed by atoms with Crippen LogP contribution < -0.4 is 14.1 Å². The van der Waals surface area contributed by atoms with E-state index in [1.165, 1.54) is 31.4 Å². The first kappa shape index (κ1) is 20.4. The van der Waals surface area contributed by atoms with E-state index in [0.717, 1.165) is 0 Å². The zero-order valence-corrected chi connectivity index (χ0v) is 15.6. The summed E-state index contributed by atoms with van der Waals surface area (Å²) in [5, 5.41) is 13.3. The molecule has 0 fully saturated rings. The molecule has 0 spiro atoms. The predicted octanol–water partition coefficient (Wildman–Crippen LogP) is 3.70. The number of carbonyl (C=O) groups excluding carboxylic acids is 1. The molecule has 27 heavy (non-hydrogen) atoms. The Kier molecular flexibility index (Phi) is 6.92. The van der Waals surface area contributed by atoms with Crippen LogP contribution in [-0.2, 0) is 14.1 Å². The van der Waals surface area contributed by atoms with Crippen LogP contribution in [0.4, 0.5) is 5.69 Å². The van der Waals surface area contributed by atoms with E-state index >= 15 is 0 Å². The van der Waals surface area contributed by atoms with Gasteiger partial charge < -0.3 is 13.8 Å². The molecule has 144 valence electrons. The summed E-state index contributed by atoms with van der Waals surface area (Å²) in [6.45, 7) is 1.70. The smallest absolute Gasteiger partial charge is 0.468 e. The van der Waals surface area contributed by atoms with Crippen LogP contribution >= 0.6 is 7.75 Å². The lowest BCUT2D eigenvalue weighted by Gasteiger charge is -2.23. The molecule has 2 rings (SSSR count). The second-order valence-electron chi connectivity index (χ2n) is 5.36. The minimum atomic E-state index is -4.06. The van der Waals surface area contributed by atoms with Crippen LogP contribution in [0.15, 0.2) is 54.6 Å². The number of esters is 1. The number of non-ortho nitro benzene ring substituents is 1. The Morgan fingerprint density at radius 3 is 2.15 bits per heavy atom. The molecule has 10 heteroatoms. The Labute approximate surface area is 156 Å². The summed E-state index contributed by atoms with van der Waals surface area (Å²) >= 11 is 0. The molecule has 0 heterocycles. The van der Waals surface area contributed by atoms with E-state index in [2.05, 4.69) is 9.82 Å². The Morgan fingerprint density at radius 2 is 1.67 bits per heavy atom. The summed E-state index contributed by atoms with van der Waals surface area (Å²) in [7, 11) is -2.85. The first-order valence-corrected chi connectivity index (χ1v) is 9.55. The highest BCUT2D eigenvalue weighted by atomic mass is 31.2. The highest BCUT2D eigenvalue weighted by Crippen LogP contribution is 2.45. The van der Waals surface area contributed by atoms with Gasteiger partial charge in [-0.2, -0.15) is 5.09 Å². The van der Waals surface area contributed by atoms with Crippen molar-refractivity contribution in [3.05, 3.63) is 64.7 Å². The van der Waals surface area contributed by atoms with Crippen LogP contribution in [0.3, 0.4) is 0 Å². The number of nitrogens with zero attached hydrogens (tertiary/aromatic N) is 1. The monoisotopic (exact) mass is 394 g/mol. The van der Waals surface area contributed by atoms with Crippen molar-refractivity contribution in [2.45, 2.75) is 19.4 Å². The summed E-state index contributed by atoms with van der Waals surface area (Å²) in [6, 6.07) is 12.3. The molecule has 0 saturated heterocycles. The van der Waals surface area contributed by atoms with Gasteiger partial charge in [0, 0.05) is 12.1 Å². The van der Waals surface area contributed by atoms with Crippen LogP contribution in [0.25, 0.3) is 0 Å². The van der Waals surface area contributed by atoms with E-state index in [1.807, 2.05) is 0 Å². The Morgan fingerprint density at radius 1 is 1.11 bits per heavy atom. The quantitative estimate of drug-likeness (QED) is 0.296. The van der Waals surface area contributed by atoms with Crippen LogP contribution in [0.1, 0.15) is 13.3 Å². The van der Waals surface area contributed by atoms with Gasteiger partial charge in [0.05, 0.1) is 12.0 Å². The third-order valence-electron chi connectivity index (χ3n) is 3.45. The molecule has 1 N–H and O–H groups in total. The second-order valence-corrected chi connectivity index (χ2v) is 6.98. The van der Waals surface area contributed by atoms with Gasteiger partial charge in [-0.3, -0.25) is 14.9 Å². The lowest BCUT2D eigenvalue weighted by Crippen LogP contribution is -2.37. The number of para-hydroxylation sites is 1. The number of hydrogen-bond donors (Lipinski definition) is 1. The molecule has 0 radical (unpaired) electrons. The number of nitro benzene ring substituents is 1. The molecule has 0 bridgehead atoms. The van der Waals surface area contributed by atoms with Crippen molar-refractivity contribution in [3.8, 4) is 11.5 Å². The van der Waals surface area contributed by atoms with E-state index in [-0.39, 0.29) is 23.6 Å². The maximum absolute atomic E-state index is 13.3. The highest BCUT2D eigenvalue weighted by molar-refractivity contribution is 7.52. The molecule has 0 aliphatic rings. The van der Waals surface area contributed by atoms with Crippen LogP contribution in [0.2, 0.25) is 0 Å². The predicted molar refractivity (Wildman–Crippen MR) is 97.6 cm³/mol. The number of carbonyl (C=O) groups is 1. The van der Waals surface area contributed by atoms with Crippen molar-refractivity contribution in [1.82, 2.24) is 5.09 Å². The number of methoxy groups -OCH3 is 1. The van der Waals surface area contributed by atoms with Crippen molar-refractivity contribution in [2.24, 2.45) is 0 Å². The van der Waals surface area contributed by atoms with Gasteiger partial charge in [-0.1, -0.05) is 25.1 Å². The van der Waals surface area contributed by atoms with Crippen LogP contribution in [0, 0.1) is 10.1 Å². The number of hydrogen-bond acceptors (Lipinski definition) is 7. The molecule has 2 aromatic carbocycles. The SMILES string of the molecule is CCC(NP(=O)(Oc1ccccc1)Oc1ccc([N+](=O)[O-])cc1)C(=O)OC. The van der Waals surface area contributed by atoms with Gasteiger partial charge in [-0.25, -0.2) is 4.57 Å². The molecule has 0 saturated carbocycles. The van der Waals surface area contributed by atoms with Gasteiger partial charge >= 0.3 is 13.7 Å². The minimum Gasteiger partial charge on any atom is -0.468 e. The van der Waals surface area contributed by atoms with E-state index in [4.69, 9.17) is 9.05 Å². The van der Waals surface area contributed by atoms with E-state index in [9.17, 15) is 19.5 Å². The minimum absolute atomic E-state index is 0.0760. The lowest BCUT2D eigenvalue weighted by molar-refractivity contribution is -0.384. The molecule has 0 aliphatic heterocycles. The summed E-state index contributed by atoms with van der Waals surface area (Å²) in [6.07, 6.45) is 0.276. The highest BCUT2D eigenvalue weighted by Gasteiger charge is 2.35. The van der Waals surface area contributed by atoms with E-state index < -0.39 is 24.7 Å². The number of nitro groups is 1. The van der Waals surface area contributed by atoms with Gasteiger partial charge in [-0.05, 0) is 30.7 Å². The fourth-order valence-electron chi connectivity index (χ4n) is 2.10. The van der Waals surface area contributed by atoms with Crippen molar-refractivity contribution in [1.29, 1.82) is 0 Å². The normalized spacial score (nSPS) is 13.9. The maximum atomic E-state index is 13.3. The maximum Gasteiger partial charge on any atom is 0.513 e. The van der Waals surface area contributed by atoms with Crippen molar-refractivity contribution in [3.63, 3.8) is 0 Å². The standard InChI is InChI=1S/C17H19N2O7P/c1-3-16(17(20)24-2)18-27(23,25-14-7-5-4-6-8-14)26-15-11-9-13(10-12-15)19(21)22/h4-12,16H,3H2,1-2H3,(H,18,23). The summed E-state index contributed by atoms with van der Waals surface area (Å²) < 4.78 is 28.9. The van der Waals surface area contributed by atoms with E-state index in [0.29, 0.717) is 0 Å². The van der Waals surface area contributed by atoms with Crippen molar-refractivity contribution >= 4 is 19.4 Å². The molecule has 2 aromatic rings. The number of benzene rings is 2. The molecule has 2 atom stereocenters. The summed E-state index contributed by atoms with van der Waals surface area (Å²) in [4.78, 5) is 22.0. The van der Waals surface area contributed by atoms with E-state index in [1.54, 1.807) is 37.3 Å². The first-order valence-electron chi connectivity index (χ1n) is 8.01. The van der Waals surface area contributed by atoms with Crippen molar-refractivity contribution < 1.29 is 28.1 Å². The summed E-state index contributed by atoms with van der Waals surface area (Å²) in [5.41, 5.74) is -0.143. The fraction of sp³-hybridized carbons (Fsp3) is 0.235. The molecule has 0 amide bonds. The van der Waals surface area contributed by atoms with Crippen LogP contribution in [-0.4, -0.2) is 24.0 Å². The Balaban J connectivity index is 2.28. The zero-order chi connectivity index (χ0) is 19.9. The number of ether oxygens (including phenoxy) is 1. The summed E-state index contributed by atoms with van der Waals surface area (Å²) in [5.74, 6) is -0.288. The number of rotatable bonds is 9. The molecular weight excluding hydrogens is 375 g/mol. The zero-order valence-electron chi connectivity index (χ0n) is 14.7.